The predicted molar refractivity (Wildman–Crippen MR) is 150 cm³/mol. The molecule has 3 aromatic carbocycles. The molecule has 0 atom stereocenters. The van der Waals surface area contributed by atoms with Gasteiger partial charge in [-0.25, -0.2) is 4.39 Å². The number of anilines is 2. The van der Waals surface area contributed by atoms with E-state index in [-0.39, 0.29) is 29.0 Å². The molecule has 1 heterocycles. The molecule has 0 saturated carbocycles. The molecular formula is C31H33F2N3O4. The zero-order valence-electron chi connectivity index (χ0n) is 23.0. The average molecular weight is 550 g/mol. The summed E-state index contributed by atoms with van der Waals surface area (Å²) in [6.45, 7) is 6.43. The number of nitrogens with one attached hydrogen (secondary N) is 2. The highest BCUT2D eigenvalue weighted by atomic mass is 19.2. The van der Waals surface area contributed by atoms with Crippen molar-refractivity contribution in [3.63, 3.8) is 0 Å². The Kier molecular flexibility index (Phi) is 8.52. The lowest BCUT2D eigenvalue weighted by molar-refractivity contribution is -0.123. The van der Waals surface area contributed by atoms with E-state index in [9.17, 15) is 23.2 Å². The maximum Gasteiger partial charge on any atom is 0.257 e. The molecule has 2 N–H and O–H groups in total. The van der Waals surface area contributed by atoms with Gasteiger partial charge in [-0.15, -0.1) is 0 Å². The lowest BCUT2D eigenvalue weighted by atomic mass is 9.89. The fourth-order valence-corrected chi connectivity index (χ4v) is 4.55. The summed E-state index contributed by atoms with van der Waals surface area (Å²) in [6.07, 6.45) is 1.42. The molecule has 7 nitrogen and oxygen atoms in total. The van der Waals surface area contributed by atoms with Crippen LogP contribution in [0, 0.1) is 17.0 Å². The van der Waals surface area contributed by atoms with Gasteiger partial charge >= 0.3 is 0 Å². The second-order valence-corrected chi connectivity index (χ2v) is 10.9. The first-order valence-electron chi connectivity index (χ1n) is 13.1. The molecule has 0 bridgehead atoms. The Hall–Kier alpha value is -4.27. The summed E-state index contributed by atoms with van der Waals surface area (Å²) in [5.41, 5.74) is 2.32. The lowest BCUT2D eigenvalue weighted by Gasteiger charge is -2.32. The van der Waals surface area contributed by atoms with E-state index in [1.807, 2.05) is 45.0 Å². The average Bonchev–Trinajstić information content (AvgIpc) is 2.94. The summed E-state index contributed by atoms with van der Waals surface area (Å²) in [4.78, 5) is 39.4. The lowest BCUT2D eigenvalue weighted by Crippen LogP contribution is -2.38. The first-order chi connectivity index (χ1) is 19.0. The van der Waals surface area contributed by atoms with Gasteiger partial charge in [-0.2, -0.15) is 4.39 Å². The van der Waals surface area contributed by atoms with Crippen LogP contribution in [0.3, 0.4) is 0 Å². The minimum atomic E-state index is -1.17. The first-order valence-corrected chi connectivity index (χ1v) is 13.1. The highest BCUT2D eigenvalue weighted by Gasteiger charge is 2.28. The van der Waals surface area contributed by atoms with Crippen molar-refractivity contribution in [2.75, 3.05) is 30.8 Å². The Labute approximate surface area is 232 Å². The van der Waals surface area contributed by atoms with Crippen molar-refractivity contribution in [1.82, 2.24) is 4.90 Å². The van der Waals surface area contributed by atoms with Crippen molar-refractivity contribution >= 4 is 29.1 Å². The van der Waals surface area contributed by atoms with Gasteiger partial charge in [-0.05, 0) is 72.9 Å². The summed E-state index contributed by atoms with van der Waals surface area (Å²) >= 11 is 0. The highest BCUT2D eigenvalue weighted by Crippen LogP contribution is 2.32. The molecule has 1 aliphatic heterocycles. The van der Waals surface area contributed by atoms with Crippen molar-refractivity contribution in [2.45, 2.75) is 39.5 Å². The van der Waals surface area contributed by atoms with Gasteiger partial charge in [0.05, 0.1) is 12.7 Å². The second kappa shape index (κ2) is 11.9. The molecule has 40 heavy (non-hydrogen) atoms. The third-order valence-electron chi connectivity index (χ3n) is 6.99. The molecule has 1 fully saturated rings. The number of hydrogen-bond donors (Lipinski definition) is 2. The molecule has 3 aromatic rings. The molecule has 0 aromatic heterocycles. The van der Waals surface area contributed by atoms with E-state index < -0.39 is 23.0 Å². The molecule has 0 unspecified atom stereocenters. The number of amides is 3. The van der Waals surface area contributed by atoms with E-state index in [1.54, 1.807) is 29.2 Å². The number of carbonyl (C=O) groups excluding carboxylic acids is 3. The number of benzene rings is 3. The molecule has 1 aliphatic rings. The molecular weight excluding hydrogens is 516 g/mol. The van der Waals surface area contributed by atoms with E-state index in [1.165, 1.54) is 13.2 Å². The molecule has 210 valence electrons. The van der Waals surface area contributed by atoms with Crippen LogP contribution in [0.2, 0.25) is 0 Å². The smallest absolute Gasteiger partial charge is 0.257 e. The number of nitrogens with zero attached hydrogens (tertiary/aromatic N) is 1. The van der Waals surface area contributed by atoms with Gasteiger partial charge in [0.1, 0.15) is 0 Å². The van der Waals surface area contributed by atoms with Crippen molar-refractivity contribution in [3.8, 4) is 5.75 Å². The summed E-state index contributed by atoms with van der Waals surface area (Å²) < 4.78 is 32.6. The Morgan fingerprint density at radius 2 is 1.43 bits per heavy atom. The summed E-state index contributed by atoms with van der Waals surface area (Å²) in [6, 6.07) is 16.5. The fraction of sp³-hybridized carbons (Fsp3) is 0.323. The zero-order chi connectivity index (χ0) is 29.0. The van der Waals surface area contributed by atoms with E-state index in [0.717, 1.165) is 11.6 Å². The highest BCUT2D eigenvalue weighted by molar-refractivity contribution is 6.04. The Morgan fingerprint density at radius 3 is 2.00 bits per heavy atom. The fourth-order valence-electron chi connectivity index (χ4n) is 4.55. The van der Waals surface area contributed by atoms with Gasteiger partial charge < -0.3 is 20.3 Å². The third kappa shape index (κ3) is 6.47. The Balaban J connectivity index is 1.32. The minimum Gasteiger partial charge on any atom is -0.493 e. The Morgan fingerprint density at radius 1 is 0.850 bits per heavy atom. The zero-order valence-corrected chi connectivity index (χ0v) is 23.0. The van der Waals surface area contributed by atoms with E-state index in [2.05, 4.69) is 10.6 Å². The quantitative estimate of drug-likeness (QED) is 0.382. The number of halogens is 2. The van der Waals surface area contributed by atoms with Crippen molar-refractivity contribution in [1.29, 1.82) is 0 Å². The molecule has 0 spiro atoms. The van der Waals surface area contributed by atoms with Crippen LogP contribution in [-0.4, -0.2) is 42.8 Å². The van der Waals surface area contributed by atoms with Crippen LogP contribution in [0.1, 0.15) is 65.8 Å². The van der Waals surface area contributed by atoms with Crippen molar-refractivity contribution < 1.29 is 27.9 Å². The van der Waals surface area contributed by atoms with Crippen LogP contribution < -0.4 is 15.4 Å². The number of ether oxygens (including phenoxy) is 1. The molecule has 0 aliphatic carbocycles. The topological polar surface area (TPSA) is 87.7 Å². The van der Waals surface area contributed by atoms with Gasteiger partial charge in [0.15, 0.2) is 11.6 Å². The van der Waals surface area contributed by atoms with Gasteiger partial charge in [0.25, 0.3) is 11.8 Å². The van der Waals surface area contributed by atoms with Crippen molar-refractivity contribution in [2.24, 2.45) is 5.41 Å². The van der Waals surface area contributed by atoms with Crippen LogP contribution in [0.25, 0.3) is 0 Å². The van der Waals surface area contributed by atoms with Crippen LogP contribution >= 0.6 is 0 Å². The van der Waals surface area contributed by atoms with E-state index >= 15 is 0 Å². The minimum absolute atomic E-state index is 0.00393. The number of rotatable bonds is 6. The number of methoxy groups -OCH3 is 1. The molecule has 1 saturated heterocycles. The van der Waals surface area contributed by atoms with Gasteiger partial charge in [0, 0.05) is 35.4 Å². The van der Waals surface area contributed by atoms with Crippen molar-refractivity contribution in [3.05, 3.63) is 89.0 Å². The van der Waals surface area contributed by atoms with Crippen LogP contribution in [-0.2, 0) is 4.79 Å². The summed E-state index contributed by atoms with van der Waals surface area (Å²) in [5.74, 6) is -3.16. The normalized spacial score (nSPS) is 14.0. The van der Waals surface area contributed by atoms with Gasteiger partial charge in [-0.3, -0.25) is 14.4 Å². The maximum atomic E-state index is 14.1. The largest absolute Gasteiger partial charge is 0.493 e. The SMILES string of the molecule is COc1c(C(=O)N2CCC(c3ccc(NC(=O)c4ccc(NC(=O)C(C)(C)C)cc4)cc3)CC2)ccc(F)c1F. The van der Waals surface area contributed by atoms with Crippen LogP contribution in [0.15, 0.2) is 60.7 Å². The third-order valence-corrected chi connectivity index (χ3v) is 6.99. The van der Waals surface area contributed by atoms with Crippen LogP contribution in [0.4, 0.5) is 20.2 Å². The van der Waals surface area contributed by atoms with Crippen LogP contribution in [0.5, 0.6) is 5.75 Å². The standard InChI is InChI=1S/C31H33F2N3O4/c1-31(2,3)30(39)35-23-11-7-21(8-12-23)28(37)34-22-9-5-19(6-10-22)20-15-17-36(18-16-20)29(38)24-13-14-25(32)26(33)27(24)40-4/h5-14,20H,15-18H2,1-4H3,(H,34,37)(H,35,39). The summed E-state index contributed by atoms with van der Waals surface area (Å²) in [5, 5.41) is 5.72. The monoisotopic (exact) mass is 549 g/mol. The second-order valence-electron chi connectivity index (χ2n) is 10.9. The predicted octanol–water partition coefficient (Wildman–Crippen LogP) is 6.23. The number of hydrogen-bond acceptors (Lipinski definition) is 4. The summed E-state index contributed by atoms with van der Waals surface area (Å²) in [7, 11) is 1.21. The molecule has 0 radical (unpaired) electrons. The van der Waals surface area contributed by atoms with E-state index in [4.69, 9.17) is 4.74 Å². The van der Waals surface area contributed by atoms with E-state index in [0.29, 0.717) is 42.9 Å². The Bertz CT molecular complexity index is 1390. The number of likely N-dealkylation sites (tertiary alicyclic amines) is 1. The molecule has 3 amide bonds. The van der Waals surface area contributed by atoms with Gasteiger partial charge in [0.2, 0.25) is 11.7 Å². The number of piperidine rings is 1. The molecule has 4 rings (SSSR count). The molecule has 9 heteroatoms. The number of carbonyl (C=O) groups is 3. The first kappa shape index (κ1) is 28.7. The van der Waals surface area contributed by atoms with Gasteiger partial charge in [-0.1, -0.05) is 32.9 Å². The maximum absolute atomic E-state index is 14.1.